The maximum atomic E-state index is 5.76. The first-order valence-electron chi connectivity index (χ1n) is 6.81. The number of rotatable bonds is 2. The SMILES string of the molecule is Cc1cc(CC2CCCN2)cc2c1OCCC2. The maximum Gasteiger partial charge on any atom is 0.125 e. The van der Waals surface area contributed by atoms with Crippen LogP contribution in [0.5, 0.6) is 5.75 Å². The number of nitrogens with one attached hydrogen (secondary N) is 1. The lowest BCUT2D eigenvalue weighted by molar-refractivity contribution is 0.286. The van der Waals surface area contributed by atoms with Gasteiger partial charge >= 0.3 is 0 Å². The molecule has 2 heterocycles. The minimum atomic E-state index is 0.692. The molecule has 0 radical (unpaired) electrons. The van der Waals surface area contributed by atoms with Crippen molar-refractivity contribution in [3.63, 3.8) is 0 Å². The molecule has 17 heavy (non-hydrogen) atoms. The van der Waals surface area contributed by atoms with E-state index in [-0.39, 0.29) is 0 Å². The number of hydrogen-bond donors (Lipinski definition) is 1. The number of fused-ring (bicyclic) bond motifs is 1. The highest BCUT2D eigenvalue weighted by molar-refractivity contribution is 5.45. The molecule has 0 saturated carbocycles. The fourth-order valence-electron chi connectivity index (χ4n) is 3.09. The van der Waals surface area contributed by atoms with Crippen LogP contribution in [0.4, 0.5) is 0 Å². The highest BCUT2D eigenvalue weighted by atomic mass is 16.5. The monoisotopic (exact) mass is 231 g/mol. The van der Waals surface area contributed by atoms with Gasteiger partial charge in [-0.1, -0.05) is 12.1 Å². The smallest absolute Gasteiger partial charge is 0.125 e. The van der Waals surface area contributed by atoms with Crippen molar-refractivity contribution in [3.05, 3.63) is 28.8 Å². The Hall–Kier alpha value is -1.02. The van der Waals surface area contributed by atoms with E-state index in [1.54, 1.807) is 0 Å². The lowest BCUT2D eigenvalue weighted by Crippen LogP contribution is -2.23. The second-order valence-corrected chi connectivity index (χ2v) is 5.35. The van der Waals surface area contributed by atoms with Crippen molar-refractivity contribution in [2.24, 2.45) is 0 Å². The summed E-state index contributed by atoms with van der Waals surface area (Å²) in [5.74, 6) is 1.15. The van der Waals surface area contributed by atoms with Crippen LogP contribution >= 0.6 is 0 Å². The van der Waals surface area contributed by atoms with Crippen LogP contribution < -0.4 is 10.1 Å². The zero-order chi connectivity index (χ0) is 11.7. The summed E-state index contributed by atoms with van der Waals surface area (Å²) in [6.07, 6.45) is 6.18. The largest absolute Gasteiger partial charge is 0.493 e. The van der Waals surface area contributed by atoms with Crippen LogP contribution in [0.25, 0.3) is 0 Å². The lowest BCUT2D eigenvalue weighted by atomic mass is 9.96. The van der Waals surface area contributed by atoms with E-state index >= 15 is 0 Å². The molecule has 1 N–H and O–H groups in total. The van der Waals surface area contributed by atoms with Crippen molar-refractivity contribution in [3.8, 4) is 5.75 Å². The van der Waals surface area contributed by atoms with E-state index in [4.69, 9.17) is 4.74 Å². The summed E-state index contributed by atoms with van der Waals surface area (Å²) in [6, 6.07) is 5.36. The highest BCUT2D eigenvalue weighted by Crippen LogP contribution is 2.30. The number of ether oxygens (including phenoxy) is 1. The predicted octanol–water partition coefficient (Wildman–Crippen LogP) is 2.61. The Morgan fingerprint density at radius 3 is 3.12 bits per heavy atom. The summed E-state index contributed by atoms with van der Waals surface area (Å²) >= 11 is 0. The Labute approximate surface area is 103 Å². The molecule has 2 nitrogen and oxygen atoms in total. The molecule has 1 unspecified atom stereocenters. The topological polar surface area (TPSA) is 21.3 Å². The molecule has 3 rings (SSSR count). The van der Waals surface area contributed by atoms with E-state index in [9.17, 15) is 0 Å². The van der Waals surface area contributed by atoms with Crippen LogP contribution in [-0.2, 0) is 12.8 Å². The average Bonchev–Trinajstić information content (AvgIpc) is 2.82. The van der Waals surface area contributed by atoms with Gasteiger partial charge in [0.05, 0.1) is 6.61 Å². The summed E-state index contributed by atoms with van der Waals surface area (Å²) in [7, 11) is 0. The molecule has 0 spiro atoms. The van der Waals surface area contributed by atoms with Gasteiger partial charge in [0.25, 0.3) is 0 Å². The molecule has 0 aliphatic carbocycles. The molecule has 0 aromatic heterocycles. The minimum absolute atomic E-state index is 0.692. The molecule has 1 atom stereocenters. The first-order valence-corrected chi connectivity index (χ1v) is 6.81. The highest BCUT2D eigenvalue weighted by Gasteiger charge is 2.18. The molecule has 92 valence electrons. The molecule has 0 amide bonds. The van der Waals surface area contributed by atoms with Crippen molar-refractivity contribution in [1.29, 1.82) is 0 Å². The Morgan fingerprint density at radius 2 is 2.29 bits per heavy atom. The molecule has 2 heteroatoms. The average molecular weight is 231 g/mol. The number of benzene rings is 1. The molecule has 1 saturated heterocycles. The molecule has 0 bridgehead atoms. The maximum absolute atomic E-state index is 5.76. The molecule has 1 aromatic carbocycles. The van der Waals surface area contributed by atoms with Crippen molar-refractivity contribution in [2.75, 3.05) is 13.2 Å². The van der Waals surface area contributed by atoms with Crippen molar-refractivity contribution in [2.45, 2.75) is 45.1 Å². The van der Waals surface area contributed by atoms with Crippen LogP contribution in [0.15, 0.2) is 12.1 Å². The fraction of sp³-hybridized carbons (Fsp3) is 0.600. The van der Waals surface area contributed by atoms with Gasteiger partial charge in [0.1, 0.15) is 5.75 Å². The van der Waals surface area contributed by atoms with Gasteiger partial charge in [-0.05, 0) is 62.3 Å². The first kappa shape index (κ1) is 11.1. The molecule has 2 aliphatic heterocycles. The Kier molecular flexibility index (Phi) is 3.06. The second kappa shape index (κ2) is 4.69. The quantitative estimate of drug-likeness (QED) is 0.845. The first-order chi connectivity index (χ1) is 8.33. The third-order valence-corrected chi connectivity index (χ3v) is 3.89. The fourth-order valence-corrected chi connectivity index (χ4v) is 3.09. The van der Waals surface area contributed by atoms with Crippen LogP contribution in [0.2, 0.25) is 0 Å². The van der Waals surface area contributed by atoms with E-state index < -0.39 is 0 Å². The zero-order valence-electron chi connectivity index (χ0n) is 10.6. The third kappa shape index (κ3) is 2.32. The van der Waals surface area contributed by atoms with E-state index in [0.717, 1.165) is 18.8 Å². The van der Waals surface area contributed by atoms with Crippen LogP contribution in [0, 0.1) is 6.92 Å². The van der Waals surface area contributed by atoms with Crippen LogP contribution in [0.1, 0.15) is 36.0 Å². The van der Waals surface area contributed by atoms with Gasteiger partial charge in [-0.3, -0.25) is 0 Å². The van der Waals surface area contributed by atoms with Crippen molar-refractivity contribution < 1.29 is 4.74 Å². The van der Waals surface area contributed by atoms with E-state index in [1.165, 1.54) is 48.9 Å². The lowest BCUT2D eigenvalue weighted by Gasteiger charge is -2.21. The van der Waals surface area contributed by atoms with E-state index in [2.05, 4.69) is 24.4 Å². The molecule has 2 aliphatic rings. The summed E-state index contributed by atoms with van der Waals surface area (Å²) in [4.78, 5) is 0. The summed E-state index contributed by atoms with van der Waals surface area (Å²) < 4.78 is 5.76. The number of hydrogen-bond acceptors (Lipinski definition) is 2. The number of aryl methyl sites for hydroxylation is 2. The van der Waals surface area contributed by atoms with Gasteiger partial charge < -0.3 is 10.1 Å². The zero-order valence-corrected chi connectivity index (χ0v) is 10.6. The standard InChI is InChI=1S/C15H21NO/c1-11-8-12(10-14-5-2-6-16-14)9-13-4-3-7-17-15(11)13/h8-9,14,16H,2-7,10H2,1H3. The Bertz CT molecular complexity index is 408. The Balaban J connectivity index is 1.82. The third-order valence-electron chi connectivity index (χ3n) is 3.89. The summed E-state index contributed by atoms with van der Waals surface area (Å²) in [5, 5.41) is 3.57. The molecule has 1 fully saturated rings. The summed E-state index contributed by atoms with van der Waals surface area (Å²) in [5.41, 5.74) is 4.21. The van der Waals surface area contributed by atoms with Gasteiger partial charge in [0, 0.05) is 6.04 Å². The van der Waals surface area contributed by atoms with E-state index in [0.29, 0.717) is 6.04 Å². The van der Waals surface area contributed by atoms with Crippen LogP contribution in [-0.4, -0.2) is 19.2 Å². The van der Waals surface area contributed by atoms with Gasteiger partial charge in [0.2, 0.25) is 0 Å². The predicted molar refractivity (Wildman–Crippen MR) is 69.7 cm³/mol. The minimum Gasteiger partial charge on any atom is -0.493 e. The molecule has 1 aromatic rings. The Morgan fingerprint density at radius 1 is 1.35 bits per heavy atom. The van der Waals surface area contributed by atoms with Crippen molar-refractivity contribution >= 4 is 0 Å². The normalized spacial score (nSPS) is 23.2. The van der Waals surface area contributed by atoms with Crippen molar-refractivity contribution in [1.82, 2.24) is 5.32 Å². The van der Waals surface area contributed by atoms with Crippen LogP contribution in [0.3, 0.4) is 0 Å². The van der Waals surface area contributed by atoms with Gasteiger partial charge in [-0.25, -0.2) is 0 Å². The summed E-state index contributed by atoms with van der Waals surface area (Å²) in [6.45, 7) is 4.25. The van der Waals surface area contributed by atoms with Gasteiger partial charge in [-0.15, -0.1) is 0 Å². The molecular weight excluding hydrogens is 210 g/mol. The van der Waals surface area contributed by atoms with Gasteiger partial charge in [0.15, 0.2) is 0 Å². The molecular formula is C15H21NO. The van der Waals surface area contributed by atoms with E-state index in [1.807, 2.05) is 0 Å². The van der Waals surface area contributed by atoms with Gasteiger partial charge in [-0.2, -0.15) is 0 Å². The second-order valence-electron chi connectivity index (χ2n) is 5.35.